The number of hydrogen-bond acceptors (Lipinski definition) is 3. The summed E-state index contributed by atoms with van der Waals surface area (Å²) in [6.07, 6.45) is 1.79. The van der Waals surface area contributed by atoms with Crippen LogP contribution >= 0.6 is 23.2 Å². The molecule has 2 aliphatic rings. The molecule has 0 saturated heterocycles. The van der Waals surface area contributed by atoms with E-state index in [2.05, 4.69) is 6.58 Å². The number of rotatable bonds is 8. The molecule has 5 rings (SSSR count). The first-order valence-electron chi connectivity index (χ1n) is 11.7. The topological polar surface area (TPSA) is 49.8 Å². The molecular weight excluding hydrogens is 481 g/mol. The molecule has 1 fully saturated rings. The zero-order valence-electron chi connectivity index (χ0n) is 19.6. The van der Waals surface area contributed by atoms with Gasteiger partial charge in [0.05, 0.1) is 13.2 Å². The number of hydrogen-bond donors (Lipinski definition) is 1. The first-order chi connectivity index (χ1) is 16.8. The van der Waals surface area contributed by atoms with Crippen LogP contribution in [0.1, 0.15) is 52.4 Å². The largest absolute Gasteiger partial charge is 0.396 e. The van der Waals surface area contributed by atoms with Gasteiger partial charge in [0, 0.05) is 38.7 Å². The summed E-state index contributed by atoms with van der Waals surface area (Å²) in [4.78, 5) is 15.8. The highest BCUT2D eigenvalue weighted by Crippen LogP contribution is 2.51. The Kier molecular flexibility index (Phi) is 6.27. The molecule has 1 aliphatic heterocycles. The molecular formula is C29H27Cl2NO3. The smallest absolute Gasteiger partial charge is 0.257 e. The highest BCUT2D eigenvalue weighted by molar-refractivity contribution is 6.30. The highest BCUT2D eigenvalue weighted by atomic mass is 35.5. The molecule has 1 atom stereocenters. The maximum Gasteiger partial charge on any atom is 0.257 e. The number of benzene rings is 3. The van der Waals surface area contributed by atoms with Gasteiger partial charge in [0.1, 0.15) is 0 Å². The zero-order valence-corrected chi connectivity index (χ0v) is 21.1. The van der Waals surface area contributed by atoms with Gasteiger partial charge in [-0.3, -0.25) is 9.69 Å². The van der Waals surface area contributed by atoms with E-state index in [4.69, 9.17) is 27.9 Å². The third-order valence-corrected chi connectivity index (χ3v) is 7.61. The van der Waals surface area contributed by atoms with Crippen LogP contribution in [-0.4, -0.2) is 29.1 Å². The van der Waals surface area contributed by atoms with Gasteiger partial charge in [-0.1, -0.05) is 71.8 Å². The van der Waals surface area contributed by atoms with Crippen LogP contribution in [0.3, 0.4) is 0 Å². The number of nitrogens with zero attached hydrogens (tertiary/aromatic N) is 1. The summed E-state index contributed by atoms with van der Waals surface area (Å²) in [5.41, 5.74) is 3.45. The van der Waals surface area contributed by atoms with Crippen molar-refractivity contribution in [1.82, 2.24) is 4.90 Å². The molecule has 4 nitrogen and oxygen atoms in total. The lowest BCUT2D eigenvalue weighted by Crippen LogP contribution is -2.47. The maximum atomic E-state index is 14.0. The highest BCUT2D eigenvalue weighted by Gasteiger charge is 2.54. The molecule has 1 heterocycles. The Morgan fingerprint density at radius 3 is 2.23 bits per heavy atom. The average molecular weight is 508 g/mol. The van der Waals surface area contributed by atoms with Gasteiger partial charge >= 0.3 is 0 Å². The molecule has 1 unspecified atom stereocenters. The second-order valence-corrected chi connectivity index (χ2v) is 10.5. The van der Waals surface area contributed by atoms with Gasteiger partial charge in [0.2, 0.25) is 0 Å². The van der Waals surface area contributed by atoms with E-state index in [-0.39, 0.29) is 17.9 Å². The normalized spacial score (nSPS) is 20.1. The monoisotopic (exact) mass is 507 g/mol. The minimum atomic E-state index is -1.17. The number of aliphatic hydroxyl groups excluding tert-OH is 1. The van der Waals surface area contributed by atoms with Crippen molar-refractivity contribution in [2.75, 3.05) is 13.2 Å². The molecule has 1 amide bonds. The van der Waals surface area contributed by atoms with Crippen molar-refractivity contribution in [2.45, 2.75) is 32.0 Å². The molecule has 3 aromatic rings. The number of carbonyl (C=O) groups is 1. The Labute approximate surface area is 215 Å². The van der Waals surface area contributed by atoms with Gasteiger partial charge in [0.15, 0.2) is 5.72 Å². The molecule has 1 saturated carbocycles. The second kappa shape index (κ2) is 9.11. The Hall–Kier alpha value is -2.63. The summed E-state index contributed by atoms with van der Waals surface area (Å²) >= 11 is 12.4. The fourth-order valence-electron chi connectivity index (χ4n) is 4.68. The first-order valence-corrected chi connectivity index (χ1v) is 12.4. The van der Waals surface area contributed by atoms with E-state index in [0.29, 0.717) is 28.8 Å². The lowest BCUT2D eigenvalue weighted by Gasteiger charge is -2.40. The molecule has 3 aromatic carbocycles. The van der Waals surface area contributed by atoms with Crippen LogP contribution in [-0.2, 0) is 17.0 Å². The van der Waals surface area contributed by atoms with Crippen LogP contribution in [0.5, 0.6) is 0 Å². The fourth-order valence-corrected chi connectivity index (χ4v) is 4.93. The zero-order chi connectivity index (χ0) is 24.8. The van der Waals surface area contributed by atoms with Crippen LogP contribution in [0.4, 0.5) is 0 Å². The fraction of sp³-hybridized carbons (Fsp3) is 0.276. The minimum Gasteiger partial charge on any atom is -0.396 e. The first kappa shape index (κ1) is 24.1. The summed E-state index contributed by atoms with van der Waals surface area (Å²) in [5, 5.41) is 11.2. The van der Waals surface area contributed by atoms with Crippen LogP contribution in [0.25, 0.3) is 5.57 Å². The molecule has 0 spiro atoms. The lowest BCUT2D eigenvalue weighted by atomic mass is 9.91. The molecule has 0 radical (unpaired) electrons. The number of allylic oxidation sites excluding steroid dienone is 1. The van der Waals surface area contributed by atoms with Crippen LogP contribution in [0, 0.1) is 5.41 Å². The molecule has 1 aliphatic carbocycles. The Balaban J connectivity index is 1.69. The molecule has 6 heteroatoms. The van der Waals surface area contributed by atoms with Crippen molar-refractivity contribution in [2.24, 2.45) is 5.41 Å². The Morgan fingerprint density at radius 2 is 1.66 bits per heavy atom. The number of aliphatic hydroxyl groups is 1. The van der Waals surface area contributed by atoms with E-state index in [1.165, 1.54) is 0 Å². The molecule has 0 bridgehead atoms. The van der Waals surface area contributed by atoms with Crippen molar-refractivity contribution < 1.29 is 14.6 Å². The number of fused-ring (bicyclic) bond motifs is 1. The summed E-state index contributed by atoms with van der Waals surface area (Å²) < 4.78 is 6.79. The van der Waals surface area contributed by atoms with Crippen molar-refractivity contribution in [3.63, 3.8) is 0 Å². The van der Waals surface area contributed by atoms with Gasteiger partial charge in [-0.05, 0) is 61.2 Å². The molecule has 180 valence electrons. The Morgan fingerprint density at radius 1 is 1.03 bits per heavy atom. The number of ether oxygens (including phenoxy) is 1. The van der Waals surface area contributed by atoms with Gasteiger partial charge in [-0.15, -0.1) is 0 Å². The molecule has 0 aromatic heterocycles. The second-order valence-electron chi connectivity index (χ2n) is 9.66. The van der Waals surface area contributed by atoms with Gasteiger partial charge in [-0.2, -0.15) is 0 Å². The van der Waals surface area contributed by atoms with Crippen molar-refractivity contribution in [3.05, 3.63) is 111 Å². The lowest BCUT2D eigenvalue weighted by molar-refractivity contribution is -0.128. The minimum absolute atomic E-state index is 0.0519. The van der Waals surface area contributed by atoms with E-state index >= 15 is 0 Å². The molecule has 1 N–H and O–H groups in total. The number of halogens is 2. The van der Waals surface area contributed by atoms with Crippen molar-refractivity contribution in [3.8, 4) is 0 Å². The summed E-state index contributed by atoms with van der Waals surface area (Å²) in [6.45, 7) is 6.68. The van der Waals surface area contributed by atoms with E-state index in [0.717, 1.165) is 40.7 Å². The standard InChI is InChI=1S/C29H27Cl2NO3/c1-19(2)21-5-12-26-25(15-21)27(34)32(16-20-3-8-23(30)9-4-20)29(26,22-6-10-24(31)11-7-22)35-18-28(17-33)13-14-28/h3-12,15,33H,1,13-14,16-18H2,2H3. The SMILES string of the molecule is C=C(C)c1ccc2c(c1)C(=O)N(Cc1ccc(Cl)cc1)C2(OCC1(CO)CC1)c1ccc(Cl)cc1. The number of amides is 1. The Bertz CT molecular complexity index is 1280. The maximum absolute atomic E-state index is 14.0. The van der Waals surface area contributed by atoms with Crippen LogP contribution < -0.4 is 0 Å². The van der Waals surface area contributed by atoms with Crippen molar-refractivity contribution >= 4 is 34.7 Å². The van der Waals surface area contributed by atoms with E-state index in [1.54, 1.807) is 4.90 Å². The van der Waals surface area contributed by atoms with E-state index in [1.807, 2.05) is 73.7 Å². The predicted molar refractivity (Wildman–Crippen MR) is 139 cm³/mol. The third-order valence-electron chi connectivity index (χ3n) is 7.10. The summed E-state index contributed by atoms with van der Waals surface area (Å²) in [6, 6.07) is 20.8. The van der Waals surface area contributed by atoms with E-state index in [9.17, 15) is 9.90 Å². The number of carbonyl (C=O) groups excluding carboxylic acids is 1. The third kappa shape index (κ3) is 4.30. The summed E-state index contributed by atoms with van der Waals surface area (Å²) in [7, 11) is 0. The van der Waals surface area contributed by atoms with E-state index < -0.39 is 5.72 Å². The van der Waals surface area contributed by atoms with Gasteiger partial charge in [0.25, 0.3) is 5.91 Å². The molecule has 35 heavy (non-hydrogen) atoms. The van der Waals surface area contributed by atoms with Gasteiger partial charge < -0.3 is 9.84 Å². The average Bonchev–Trinajstić information content (AvgIpc) is 3.61. The van der Waals surface area contributed by atoms with Gasteiger partial charge in [-0.25, -0.2) is 0 Å². The predicted octanol–water partition coefficient (Wildman–Crippen LogP) is 6.67. The quantitative estimate of drug-likeness (QED) is 0.370. The van der Waals surface area contributed by atoms with Crippen LogP contribution in [0.15, 0.2) is 73.3 Å². The summed E-state index contributed by atoms with van der Waals surface area (Å²) in [5.74, 6) is -0.123. The van der Waals surface area contributed by atoms with Crippen LogP contribution in [0.2, 0.25) is 10.0 Å². The van der Waals surface area contributed by atoms with Crippen molar-refractivity contribution in [1.29, 1.82) is 0 Å².